The summed E-state index contributed by atoms with van der Waals surface area (Å²) < 4.78 is 0. The van der Waals surface area contributed by atoms with E-state index in [1.807, 2.05) is 37.0 Å². The summed E-state index contributed by atoms with van der Waals surface area (Å²) >= 11 is 8.05. The molecule has 1 nitrogen and oxygen atoms in total. The summed E-state index contributed by atoms with van der Waals surface area (Å²) in [5.41, 5.74) is 1.24. The fourth-order valence-electron chi connectivity index (χ4n) is 1.59. The Bertz CT molecular complexity index is 304. The Labute approximate surface area is 108 Å². The molecule has 0 radical (unpaired) electrons. The van der Waals surface area contributed by atoms with Gasteiger partial charge in [-0.3, -0.25) is 0 Å². The van der Waals surface area contributed by atoms with E-state index < -0.39 is 0 Å². The summed E-state index contributed by atoms with van der Waals surface area (Å²) in [5.74, 6) is 2.15. The predicted octanol–water partition coefficient (Wildman–Crippen LogP) is 3.96. The van der Waals surface area contributed by atoms with Crippen LogP contribution < -0.4 is 5.32 Å². The van der Waals surface area contributed by atoms with Crippen LogP contribution in [0.1, 0.15) is 25.3 Å². The van der Waals surface area contributed by atoms with E-state index in [-0.39, 0.29) is 0 Å². The highest BCUT2D eigenvalue weighted by Crippen LogP contribution is 2.21. The van der Waals surface area contributed by atoms with Gasteiger partial charge in [0.25, 0.3) is 0 Å². The first-order valence-corrected chi connectivity index (χ1v) is 7.29. The first-order valence-electron chi connectivity index (χ1n) is 5.76. The van der Waals surface area contributed by atoms with Crippen molar-refractivity contribution in [2.75, 3.05) is 12.8 Å². The Hall–Kier alpha value is -0.180. The molecule has 1 aromatic carbocycles. The predicted molar refractivity (Wildman–Crippen MR) is 75.4 cm³/mol. The minimum atomic E-state index is 0.623. The zero-order valence-electron chi connectivity index (χ0n) is 10.0. The lowest BCUT2D eigenvalue weighted by Crippen LogP contribution is -2.27. The van der Waals surface area contributed by atoms with Crippen molar-refractivity contribution < 1.29 is 0 Å². The van der Waals surface area contributed by atoms with Gasteiger partial charge < -0.3 is 5.32 Å². The van der Waals surface area contributed by atoms with E-state index in [1.165, 1.54) is 18.4 Å². The summed E-state index contributed by atoms with van der Waals surface area (Å²) in [6, 6.07) is 8.70. The number of benzene rings is 1. The molecular weight excluding hydrogens is 238 g/mol. The lowest BCUT2D eigenvalue weighted by Gasteiger charge is -2.14. The monoisotopic (exact) mass is 257 g/mol. The number of hydrogen-bond acceptors (Lipinski definition) is 2. The van der Waals surface area contributed by atoms with E-state index in [9.17, 15) is 0 Å². The number of halogens is 1. The fourth-order valence-corrected chi connectivity index (χ4v) is 3.08. The van der Waals surface area contributed by atoms with Crippen LogP contribution in [0.4, 0.5) is 0 Å². The van der Waals surface area contributed by atoms with Crippen LogP contribution in [-0.4, -0.2) is 18.8 Å². The second-order valence-electron chi connectivity index (χ2n) is 3.88. The molecule has 1 unspecified atom stereocenters. The molecule has 0 fully saturated rings. The van der Waals surface area contributed by atoms with E-state index in [4.69, 9.17) is 11.6 Å². The topological polar surface area (TPSA) is 12.0 Å². The highest BCUT2D eigenvalue weighted by atomic mass is 35.5. The second-order valence-corrected chi connectivity index (χ2v) is 5.32. The molecule has 0 aliphatic carbocycles. The zero-order valence-corrected chi connectivity index (χ0v) is 11.6. The van der Waals surface area contributed by atoms with Gasteiger partial charge in [0.15, 0.2) is 0 Å². The second kappa shape index (κ2) is 7.99. The van der Waals surface area contributed by atoms with Gasteiger partial charge in [0.2, 0.25) is 0 Å². The minimum absolute atomic E-state index is 0.623. The maximum absolute atomic E-state index is 6.11. The summed E-state index contributed by atoms with van der Waals surface area (Å²) in [4.78, 5) is 0. The molecule has 0 aliphatic heterocycles. The van der Waals surface area contributed by atoms with E-state index in [0.717, 1.165) is 16.5 Å². The Morgan fingerprint density at radius 3 is 2.75 bits per heavy atom. The molecule has 0 aliphatic rings. The van der Waals surface area contributed by atoms with Gasteiger partial charge in [-0.25, -0.2) is 0 Å². The molecule has 0 aromatic heterocycles. The molecule has 0 spiro atoms. The third-order valence-corrected chi connectivity index (χ3v) is 4.10. The summed E-state index contributed by atoms with van der Waals surface area (Å²) in [6.45, 7) is 2.23. The molecule has 0 saturated carbocycles. The molecule has 3 heteroatoms. The first kappa shape index (κ1) is 13.9. The molecule has 0 bridgehead atoms. The van der Waals surface area contributed by atoms with Gasteiger partial charge in [0.05, 0.1) is 0 Å². The molecule has 1 atom stereocenters. The number of thioether (sulfide) groups is 1. The van der Waals surface area contributed by atoms with Gasteiger partial charge in [-0.1, -0.05) is 43.1 Å². The highest BCUT2D eigenvalue weighted by molar-refractivity contribution is 7.98. The molecule has 1 N–H and O–H groups in total. The van der Waals surface area contributed by atoms with Gasteiger partial charge in [-0.15, -0.1) is 0 Å². The molecule has 0 amide bonds. The van der Waals surface area contributed by atoms with Crippen molar-refractivity contribution in [2.24, 2.45) is 0 Å². The smallest absolute Gasteiger partial charge is 0.0446 e. The standard InChI is InChI=1S/C13H20ClNS/c1-3-6-12(15-2)10-16-9-11-7-4-5-8-13(11)14/h4-5,7-8,12,15H,3,6,9-10H2,1-2H3. The Morgan fingerprint density at radius 2 is 2.12 bits per heavy atom. The number of rotatable bonds is 7. The Balaban J connectivity index is 2.32. The average molecular weight is 258 g/mol. The Kier molecular flexibility index (Phi) is 6.93. The molecule has 0 heterocycles. The normalized spacial score (nSPS) is 12.7. The molecule has 0 saturated heterocycles. The summed E-state index contributed by atoms with van der Waals surface area (Å²) in [6.07, 6.45) is 2.48. The van der Waals surface area contributed by atoms with E-state index in [1.54, 1.807) is 0 Å². The van der Waals surface area contributed by atoms with Crippen LogP contribution in [0.5, 0.6) is 0 Å². The van der Waals surface area contributed by atoms with Crippen LogP contribution in [0.15, 0.2) is 24.3 Å². The van der Waals surface area contributed by atoms with Crippen LogP contribution in [0.25, 0.3) is 0 Å². The molecule has 16 heavy (non-hydrogen) atoms. The van der Waals surface area contributed by atoms with Gasteiger partial charge in [0.1, 0.15) is 0 Å². The van der Waals surface area contributed by atoms with Crippen molar-refractivity contribution >= 4 is 23.4 Å². The van der Waals surface area contributed by atoms with Crippen LogP contribution in [0.2, 0.25) is 5.02 Å². The van der Waals surface area contributed by atoms with Gasteiger partial charge >= 0.3 is 0 Å². The SMILES string of the molecule is CCCC(CSCc1ccccc1Cl)NC. The van der Waals surface area contributed by atoms with Crippen LogP contribution in [0.3, 0.4) is 0 Å². The van der Waals surface area contributed by atoms with Crippen molar-refractivity contribution in [3.05, 3.63) is 34.9 Å². The zero-order chi connectivity index (χ0) is 11.8. The summed E-state index contributed by atoms with van der Waals surface area (Å²) in [7, 11) is 2.04. The summed E-state index contributed by atoms with van der Waals surface area (Å²) in [5, 5.41) is 4.23. The highest BCUT2D eigenvalue weighted by Gasteiger charge is 2.05. The molecular formula is C13H20ClNS. The number of nitrogens with one attached hydrogen (secondary N) is 1. The van der Waals surface area contributed by atoms with E-state index in [2.05, 4.69) is 18.3 Å². The molecule has 1 aromatic rings. The lowest BCUT2D eigenvalue weighted by atomic mass is 10.2. The first-order chi connectivity index (χ1) is 7.77. The van der Waals surface area contributed by atoms with Crippen molar-refractivity contribution in [1.82, 2.24) is 5.32 Å². The van der Waals surface area contributed by atoms with Crippen LogP contribution >= 0.6 is 23.4 Å². The molecule has 90 valence electrons. The fraction of sp³-hybridized carbons (Fsp3) is 0.538. The number of hydrogen-bond donors (Lipinski definition) is 1. The van der Waals surface area contributed by atoms with Gasteiger partial charge in [0, 0.05) is 22.6 Å². The minimum Gasteiger partial charge on any atom is -0.316 e. The average Bonchev–Trinajstić information content (AvgIpc) is 2.30. The van der Waals surface area contributed by atoms with Crippen molar-refractivity contribution in [2.45, 2.75) is 31.6 Å². The van der Waals surface area contributed by atoms with Crippen molar-refractivity contribution in [3.63, 3.8) is 0 Å². The van der Waals surface area contributed by atoms with Crippen LogP contribution in [-0.2, 0) is 5.75 Å². The lowest BCUT2D eigenvalue weighted by molar-refractivity contribution is 0.564. The Morgan fingerprint density at radius 1 is 1.38 bits per heavy atom. The third-order valence-electron chi connectivity index (χ3n) is 2.58. The van der Waals surface area contributed by atoms with Crippen molar-refractivity contribution in [3.8, 4) is 0 Å². The maximum atomic E-state index is 6.11. The maximum Gasteiger partial charge on any atom is 0.0446 e. The molecule has 1 rings (SSSR count). The van der Waals surface area contributed by atoms with Crippen molar-refractivity contribution in [1.29, 1.82) is 0 Å². The van der Waals surface area contributed by atoms with Gasteiger partial charge in [-0.2, -0.15) is 11.8 Å². The quantitative estimate of drug-likeness (QED) is 0.794. The van der Waals surface area contributed by atoms with E-state index >= 15 is 0 Å². The van der Waals surface area contributed by atoms with Gasteiger partial charge in [-0.05, 0) is 25.1 Å². The van der Waals surface area contributed by atoms with E-state index in [0.29, 0.717) is 6.04 Å². The largest absolute Gasteiger partial charge is 0.316 e. The third kappa shape index (κ3) is 4.77. The van der Waals surface area contributed by atoms with Crippen LogP contribution in [0, 0.1) is 0 Å².